The minimum Gasteiger partial charge on any atom is -0.456 e. The van der Waals surface area contributed by atoms with Gasteiger partial charge in [-0.05, 0) is 76.7 Å². The predicted octanol–water partition coefficient (Wildman–Crippen LogP) is 19.2. The molecule has 3 atom stereocenters. The smallest absolute Gasteiger partial charge is 0.456 e. The zero-order chi connectivity index (χ0) is 55.0. The molecule has 2 N–H and O–H groups in total. The van der Waals surface area contributed by atoms with Crippen molar-refractivity contribution in [3.8, 4) is 0 Å². The summed E-state index contributed by atoms with van der Waals surface area (Å²) in [5.74, 6) is -0.522. The van der Waals surface area contributed by atoms with E-state index in [4.69, 9.17) is 13.8 Å². The molecule has 0 rings (SSSR count). The maximum absolute atomic E-state index is 13.5. The van der Waals surface area contributed by atoms with Crippen LogP contribution in [-0.4, -0.2) is 74.3 Å². The van der Waals surface area contributed by atoms with Gasteiger partial charge in [0.15, 0.2) is 0 Å². The van der Waals surface area contributed by atoms with Crippen LogP contribution >= 0.6 is 7.82 Å². The van der Waals surface area contributed by atoms with E-state index in [1.54, 1.807) is 0 Å². The van der Waals surface area contributed by atoms with Gasteiger partial charge in [-0.1, -0.05) is 261 Å². The Labute approximate surface area is 463 Å². The van der Waals surface area contributed by atoms with Gasteiger partial charge < -0.3 is 19.4 Å². The number of nitrogens with one attached hydrogen (secondary N) is 1. The summed E-state index contributed by atoms with van der Waals surface area (Å²) in [7, 11) is 1.48. The summed E-state index contributed by atoms with van der Waals surface area (Å²) in [6, 6.07) is -0.859. The van der Waals surface area contributed by atoms with Crippen LogP contribution in [0.15, 0.2) is 72.9 Å². The molecule has 0 fully saturated rings. The first-order chi connectivity index (χ1) is 36.4. The number of quaternary nitrogens is 1. The zero-order valence-corrected chi connectivity index (χ0v) is 50.7. The average Bonchev–Trinajstić information content (AvgIpc) is 3.37. The van der Waals surface area contributed by atoms with E-state index in [0.717, 1.165) is 109 Å². The molecule has 0 aliphatic carbocycles. The summed E-state index contributed by atoms with van der Waals surface area (Å²) in [4.78, 5) is 37.7. The molecule has 436 valence electrons. The molecule has 75 heavy (non-hydrogen) atoms. The molecule has 0 saturated heterocycles. The van der Waals surface area contributed by atoms with E-state index in [2.05, 4.69) is 86.8 Å². The van der Waals surface area contributed by atoms with E-state index < -0.39 is 20.0 Å². The summed E-state index contributed by atoms with van der Waals surface area (Å²) in [6.07, 6.45) is 70.4. The highest BCUT2D eigenvalue weighted by atomic mass is 31.2. The average molecular weight is 1070 g/mol. The first-order valence-electron chi connectivity index (χ1n) is 31.3. The minimum atomic E-state index is -4.45. The van der Waals surface area contributed by atoms with Crippen molar-refractivity contribution >= 4 is 19.7 Å². The number of allylic oxidation sites excluding steroid dienone is 11. The Morgan fingerprint density at radius 1 is 0.480 bits per heavy atom. The maximum Gasteiger partial charge on any atom is 0.472 e. The van der Waals surface area contributed by atoms with Gasteiger partial charge in [-0.2, -0.15) is 0 Å². The van der Waals surface area contributed by atoms with Crippen LogP contribution in [0, 0.1) is 0 Å². The third-order valence-corrected chi connectivity index (χ3v) is 14.6. The van der Waals surface area contributed by atoms with Gasteiger partial charge in [-0.3, -0.25) is 18.6 Å². The highest BCUT2D eigenvalue weighted by Crippen LogP contribution is 2.43. The maximum atomic E-state index is 13.5. The van der Waals surface area contributed by atoms with E-state index in [1.165, 1.54) is 135 Å². The molecule has 0 saturated carbocycles. The predicted molar refractivity (Wildman–Crippen MR) is 323 cm³/mol. The highest BCUT2D eigenvalue weighted by molar-refractivity contribution is 7.47. The van der Waals surface area contributed by atoms with E-state index in [0.29, 0.717) is 17.4 Å². The molecule has 0 aliphatic heterocycles. The van der Waals surface area contributed by atoms with Crippen molar-refractivity contribution in [1.29, 1.82) is 0 Å². The lowest BCUT2D eigenvalue weighted by molar-refractivity contribution is -0.870. The molecular formula is C65H120N2O7P+. The largest absolute Gasteiger partial charge is 0.472 e. The number of phosphoric acid groups is 1. The molecular weight excluding hydrogens is 952 g/mol. The van der Waals surface area contributed by atoms with Crippen molar-refractivity contribution in [3.63, 3.8) is 0 Å². The number of carbonyl (C=O) groups excluding carboxylic acids is 2. The standard InChI is InChI=1S/C65H119N2O7P/c1-7-10-13-16-19-22-25-27-29-31-32-33-34-36-37-39-42-45-48-51-54-57-64(68)66-62(61-73-75(70,71)72-60-59-67(4,5)6)63(56-53-50-47-44-41-24-21-18-15-12-9-3)74-65(69)58-55-52-49-46-43-40-38-35-30-28-26-23-20-17-14-11-8-2/h10,13,19,22,27,29,32-33,36-37,53,56,62-63H,7-9,11-12,14-18,20-21,23-26,28,30-31,34-35,38-52,54-55,57-61H2,1-6H3,(H-,66,68,70,71)/p+1/b13-10-,22-19-,29-27-,33-32-,37-36-,56-53+. The Morgan fingerprint density at radius 3 is 1.28 bits per heavy atom. The van der Waals surface area contributed by atoms with Crippen molar-refractivity contribution in [2.75, 3.05) is 40.9 Å². The van der Waals surface area contributed by atoms with Crippen LogP contribution in [0.1, 0.15) is 278 Å². The quantitative estimate of drug-likeness (QED) is 0.0205. The monoisotopic (exact) mass is 1070 g/mol. The number of esters is 1. The molecule has 9 nitrogen and oxygen atoms in total. The van der Waals surface area contributed by atoms with E-state index in [1.807, 2.05) is 33.3 Å². The number of likely N-dealkylation sites (N-methyl/N-ethyl adjacent to an activating group) is 1. The molecule has 0 aromatic rings. The van der Waals surface area contributed by atoms with Crippen LogP contribution in [0.2, 0.25) is 0 Å². The van der Waals surface area contributed by atoms with E-state index in [-0.39, 0.29) is 31.5 Å². The van der Waals surface area contributed by atoms with Gasteiger partial charge in [0.25, 0.3) is 0 Å². The van der Waals surface area contributed by atoms with E-state index in [9.17, 15) is 19.0 Å². The number of hydrogen-bond acceptors (Lipinski definition) is 6. The van der Waals surface area contributed by atoms with Crippen LogP contribution in [0.25, 0.3) is 0 Å². The first kappa shape index (κ1) is 72.5. The van der Waals surface area contributed by atoms with Crippen molar-refractivity contribution in [3.05, 3.63) is 72.9 Å². The number of amides is 1. The fraction of sp³-hybridized carbons (Fsp3) is 0.785. The van der Waals surface area contributed by atoms with Crippen molar-refractivity contribution in [2.45, 2.75) is 290 Å². The molecule has 0 aromatic heterocycles. The Hall–Kier alpha value is -2.55. The lowest BCUT2D eigenvalue weighted by Crippen LogP contribution is -2.47. The van der Waals surface area contributed by atoms with Gasteiger partial charge in [0.2, 0.25) is 5.91 Å². The Bertz CT molecular complexity index is 1510. The molecule has 0 heterocycles. The summed E-state index contributed by atoms with van der Waals surface area (Å²) in [6.45, 7) is 6.89. The van der Waals surface area contributed by atoms with Gasteiger partial charge in [-0.25, -0.2) is 4.57 Å². The number of nitrogens with zero attached hydrogens (tertiary/aromatic N) is 1. The molecule has 3 unspecified atom stereocenters. The zero-order valence-electron chi connectivity index (χ0n) is 49.8. The molecule has 0 aliphatic rings. The molecule has 10 heteroatoms. The van der Waals surface area contributed by atoms with Crippen LogP contribution < -0.4 is 5.32 Å². The molecule has 0 aromatic carbocycles. The minimum absolute atomic E-state index is 0.0348. The Balaban J connectivity index is 5.24. The van der Waals surface area contributed by atoms with Crippen LogP contribution in [0.4, 0.5) is 0 Å². The summed E-state index contributed by atoms with van der Waals surface area (Å²) in [5, 5.41) is 3.05. The van der Waals surface area contributed by atoms with Crippen LogP contribution in [0.5, 0.6) is 0 Å². The van der Waals surface area contributed by atoms with Crippen LogP contribution in [0.3, 0.4) is 0 Å². The lowest BCUT2D eigenvalue weighted by Gasteiger charge is -2.27. The second-order valence-electron chi connectivity index (χ2n) is 22.2. The molecule has 0 bridgehead atoms. The summed E-state index contributed by atoms with van der Waals surface area (Å²) in [5.41, 5.74) is 0. The number of carbonyl (C=O) groups is 2. The van der Waals surface area contributed by atoms with Crippen molar-refractivity contribution in [1.82, 2.24) is 5.32 Å². The molecule has 0 spiro atoms. The second-order valence-corrected chi connectivity index (χ2v) is 23.7. The third kappa shape index (κ3) is 56.0. The molecule has 1 amide bonds. The number of hydrogen-bond donors (Lipinski definition) is 2. The van der Waals surface area contributed by atoms with Gasteiger partial charge in [0, 0.05) is 12.8 Å². The van der Waals surface area contributed by atoms with Crippen molar-refractivity contribution in [2.24, 2.45) is 0 Å². The SMILES string of the molecule is CC/C=C\C/C=C\C/C=C\C/C=C\C/C=C\CCCCCCCC(=O)NC(COP(=O)(O)OCC[N+](C)(C)C)C(/C=C/CCCCCCCCCCC)OC(=O)CCCCCCCCCCCCCCCCCCC. The number of unbranched alkanes of at least 4 members (excludes halogenated alkanes) is 30. The number of ether oxygens (including phenoxy) is 1. The fourth-order valence-electron chi connectivity index (χ4n) is 8.85. The second kappa shape index (κ2) is 54.8. The lowest BCUT2D eigenvalue weighted by atomic mass is 10.0. The summed E-state index contributed by atoms with van der Waals surface area (Å²) < 4.78 is 30.7. The Kier molecular flexibility index (Phi) is 52.9. The van der Waals surface area contributed by atoms with Gasteiger partial charge in [0.1, 0.15) is 19.3 Å². The number of rotatable bonds is 56. The Morgan fingerprint density at radius 2 is 0.853 bits per heavy atom. The van der Waals surface area contributed by atoms with Gasteiger partial charge in [0.05, 0.1) is 33.8 Å². The van der Waals surface area contributed by atoms with E-state index >= 15 is 0 Å². The molecule has 0 radical (unpaired) electrons. The van der Waals surface area contributed by atoms with Crippen LogP contribution in [-0.2, 0) is 27.9 Å². The number of phosphoric ester groups is 1. The fourth-order valence-corrected chi connectivity index (χ4v) is 9.59. The highest BCUT2D eigenvalue weighted by Gasteiger charge is 2.30. The van der Waals surface area contributed by atoms with Gasteiger partial charge >= 0.3 is 13.8 Å². The normalized spacial score (nSPS) is 14.2. The third-order valence-electron chi connectivity index (χ3n) is 13.7. The van der Waals surface area contributed by atoms with Gasteiger partial charge in [-0.15, -0.1) is 0 Å². The topological polar surface area (TPSA) is 111 Å². The first-order valence-corrected chi connectivity index (χ1v) is 32.8. The van der Waals surface area contributed by atoms with Crippen molar-refractivity contribution < 1.29 is 37.3 Å². The summed E-state index contributed by atoms with van der Waals surface area (Å²) >= 11 is 0.